The van der Waals surface area contributed by atoms with Gasteiger partial charge in [-0.3, -0.25) is 4.79 Å². The fourth-order valence-corrected chi connectivity index (χ4v) is 3.61. The van der Waals surface area contributed by atoms with Gasteiger partial charge >= 0.3 is 11.9 Å². The van der Waals surface area contributed by atoms with E-state index in [4.69, 9.17) is 25.5 Å². The van der Waals surface area contributed by atoms with Gasteiger partial charge < -0.3 is 13.9 Å². The van der Waals surface area contributed by atoms with E-state index in [2.05, 4.69) is 5.10 Å². The van der Waals surface area contributed by atoms with E-state index in [0.717, 1.165) is 5.56 Å². The van der Waals surface area contributed by atoms with Crippen molar-refractivity contribution in [3.8, 4) is 0 Å². The van der Waals surface area contributed by atoms with Crippen LogP contribution in [0.2, 0.25) is 5.02 Å². The van der Waals surface area contributed by atoms with Crippen LogP contribution in [0.5, 0.6) is 0 Å². The molecule has 0 N–H and O–H groups in total. The van der Waals surface area contributed by atoms with Gasteiger partial charge in [0, 0.05) is 11.4 Å². The number of halogens is 1. The number of furan rings is 1. The van der Waals surface area contributed by atoms with E-state index in [-0.39, 0.29) is 11.1 Å². The van der Waals surface area contributed by atoms with Gasteiger partial charge in [0.2, 0.25) is 0 Å². The molecule has 0 bridgehead atoms. The number of hydrogen-bond donors (Lipinski definition) is 0. The molecule has 0 aliphatic carbocycles. The van der Waals surface area contributed by atoms with Crippen LogP contribution >= 0.6 is 11.6 Å². The summed E-state index contributed by atoms with van der Waals surface area (Å²) >= 11 is 5.97. The Balaban J connectivity index is 1.52. The zero-order chi connectivity index (χ0) is 23.4. The first-order valence-corrected chi connectivity index (χ1v) is 10.4. The van der Waals surface area contributed by atoms with Gasteiger partial charge in [0.25, 0.3) is 5.91 Å². The second-order valence-corrected chi connectivity index (χ2v) is 7.58. The van der Waals surface area contributed by atoms with Crippen LogP contribution in [0.3, 0.4) is 0 Å². The first-order chi connectivity index (χ1) is 16.0. The first kappa shape index (κ1) is 22.3. The highest BCUT2D eigenvalue weighted by molar-refractivity contribution is 6.30. The van der Waals surface area contributed by atoms with Crippen LogP contribution < -0.4 is 0 Å². The van der Waals surface area contributed by atoms with Gasteiger partial charge in [-0.2, -0.15) is 5.10 Å². The van der Waals surface area contributed by atoms with Gasteiger partial charge in [0.15, 0.2) is 6.61 Å². The molecule has 0 radical (unpaired) electrons. The molecule has 1 aromatic heterocycles. The van der Waals surface area contributed by atoms with E-state index >= 15 is 0 Å². The third kappa shape index (κ3) is 4.80. The molecule has 4 rings (SSSR count). The van der Waals surface area contributed by atoms with Gasteiger partial charge in [0.1, 0.15) is 11.8 Å². The van der Waals surface area contributed by atoms with E-state index < -0.39 is 30.5 Å². The summed E-state index contributed by atoms with van der Waals surface area (Å²) < 4.78 is 15.4. The quantitative estimate of drug-likeness (QED) is 0.503. The molecule has 0 saturated carbocycles. The van der Waals surface area contributed by atoms with Gasteiger partial charge in [0.05, 0.1) is 30.2 Å². The third-order valence-corrected chi connectivity index (χ3v) is 5.35. The van der Waals surface area contributed by atoms with E-state index in [0.29, 0.717) is 22.9 Å². The van der Waals surface area contributed by atoms with Crippen LogP contribution in [0.4, 0.5) is 0 Å². The van der Waals surface area contributed by atoms with Crippen LogP contribution in [0.15, 0.2) is 76.4 Å². The molecule has 2 aromatic carbocycles. The number of esters is 2. The Bertz CT molecular complexity index is 1200. The van der Waals surface area contributed by atoms with Crippen molar-refractivity contribution in [1.82, 2.24) is 5.01 Å². The van der Waals surface area contributed by atoms with Crippen molar-refractivity contribution in [3.63, 3.8) is 0 Å². The summed E-state index contributed by atoms with van der Waals surface area (Å²) in [5.41, 5.74) is 1.54. The minimum atomic E-state index is -0.819. The fraction of sp³-hybridized carbons (Fsp3) is 0.167. The maximum absolute atomic E-state index is 13.0. The number of nitrogens with zero attached hydrogens (tertiary/aromatic N) is 2. The van der Waals surface area contributed by atoms with Gasteiger partial charge in [-0.1, -0.05) is 35.9 Å². The fourth-order valence-electron chi connectivity index (χ4n) is 3.48. The molecule has 1 atom stereocenters. The number of methoxy groups -OCH3 is 1. The molecular formula is C24H19ClN2O6. The van der Waals surface area contributed by atoms with Crippen molar-refractivity contribution in [2.45, 2.75) is 12.5 Å². The normalized spacial score (nSPS) is 15.2. The lowest BCUT2D eigenvalue weighted by Crippen LogP contribution is -2.31. The van der Waals surface area contributed by atoms with Crippen molar-refractivity contribution in [2.75, 3.05) is 13.7 Å². The molecule has 3 aromatic rings. The molecule has 1 unspecified atom stereocenters. The Morgan fingerprint density at radius 2 is 1.73 bits per heavy atom. The van der Waals surface area contributed by atoms with E-state index in [9.17, 15) is 14.4 Å². The number of benzene rings is 2. The monoisotopic (exact) mass is 466 g/mol. The highest BCUT2D eigenvalue weighted by Crippen LogP contribution is 2.33. The first-order valence-electron chi connectivity index (χ1n) is 10.0. The standard InChI is InChI=1S/C24H19ClN2O6/c1-31-23(29)17-5-2-3-6-18(17)24(30)33-14-22(28)27-20(21-7-4-12-32-21)13-19(26-27)15-8-10-16(25)11-9-15/h2-12,20H,13-14H2,1H3. The lowest BCUT2D eigenvalue weighted by atomic mass is 10.0. The van der Waals surface area contributed by atoms with Gasteiger partial charge in [-0.15, -0.1) is 0 Å². The Hall–Kier alpha value is -3.91. The molecule has 0 saturated heterocycles. The molecular weight excluding hydrogens is 448 g/mol. The average molecular weight is 467 g/mol. The van der Waals surface area contributed by atoms with Crippen molar-refractivity contribution >= 4 is 35.2 Å². The predicted octanol–water partition coefficient (Wildman–Crippen LogP) is 4.25. The number of amides is 1. The van der Waals surface area contributed by atoms with Crippen molar-refractivity contribution in [2.24, 2.45) is 5.10 Å². The Morgan fingerprint density at radius 1 is 1.03 bits per heavy atom. The predicted molar refractivity (Wildman–Crippen MR) is 119 cm³/mol. The largest absolute Gasteiger partial charge is 0.467 e. The SMILES string of the molecule is COC(=O)c1ccccc1C(=O)OCC(=O)N1N=C(c2ccc(Cl)cc2)CC1c1ccco1. The lowest BCUT2D eigenvalue weighted by molar-refractivity contribution is -0.136. The molecule has 168 valence electrons. The lowest BCUT2D eigenvalue weighted by Gasteiger charge is -2.19. The molecule has 0 spiro atoms. The molecule has 1 aliphatic heterocycles. The molecule has 1 aliphatic rings. The van der Waals surface area contributed by atoms with Crippen LogP contribution in [-0.4, -0.2) is 42.3 Å². The summed E-state index contributed by atoms with van der Waals surface area (Å²) in [6.07, 6.45) is 1.93. The number of rotatable bonds is 6. The van der Waals surface area contributed by atoms with Crippen LogP contribution in [0.1, 0.15) is 44.5 Å². The van der Waals surface area contributed by atoms with E-state index in [1.165, 1.54) is 30.5 Å². The number of carbonyl (C=O) groups is 3. The third-order valence-electron chi connectivity index (χ3n) is 5.09. The minimum absolute atomic E-state index is 0.00603. The summed E-state index contributed by atoms with van der Waals surface area (Å²) in [4.78, 5) is 37.5. The minimum Gasteiger partial charge on any atom is -0.467 e. The highest BCUT2D eigenvalue weighted by atomic mass is 35.5. The number of carbonyl (C=O) groups excluding carboxylic acids is 3. The molecule has 2 heterocycles. The second kappa shape index (κ2) is 9.70. The number of hydrogen-bond acceptors (Lipinski definition) is 7. The average Bonchev–Trinajstić information content (AvgIpc) is 3.52. The van der Waals surface area contributed by atoms with Crippen molar-refractivity contribution < 1.29 is 28.3 Å². The maximum atomic E-state index is 13.0. The number of hydrazone groups is 1. The Kier molecular flexibility index (Phi) is 6.55. The van der Waals surface area contributed by atoms with Crippen LogP contribution in [0.25, 0.3) is 0 Å². The Morgan fingerprint density at radius 3 is 2.36 bits per heavy atom. The van der Waals surface area contributed by atoms with E-state index in [1.54, 1.807) is 36.4 Å². The molecule has 33 heavy (non-hydrogen) atoms. The molecule has 9 heteroatoms. The molecule has 8 nitrogen and oxygen atoms in total. The van der Waals surface area contributed by atoms with E-state index in [1.807, 2.05) is 12.1 Å². The second-order valence-electron chi connectivity index (χ2n) is 7.14. The smallest absolute Gasteiger partial charge is 0.339 e. The summed E-state index contributed by atoms with van der Waals surface area (Å²) in [6, 6.07) is 16.2. The van der Waals surface area contributed by atoms with Crippen LogP contribution in [-0.2, 0) is 14.3 Å². The zero-order valence-electron chi connectivity index (χ0n) is 17.6. The van der Waals surface area contributed by atoms with Crippen molar-refractivity contribution in [1.29, 1.82) is 0 Å². The number of ether oxygens (including phenoxy) is 2. The summed E-state index contributed by atoms with van der Waals surface area (Å²) in [7, 11) is 1.21. The maximum Gasteiger partial charge on any atom is 0.339 e. The molecule has 1 amide bonds. The van der Waals surface area contributed by atoms with Gasteiger partial charge in [-0.25, -0.2) is 14.6 Å². The summed E-state index contributed by atoms with van der Waals surface area (Å²) in [6.45, 7) is -0.567. The van der Waals surface area contributed by atoms with Gasteiger partial charge in [-0.05, 0) is 42.0 Å². The molecule has 0 fully saturated rings. The Labute approximate surface area is 194 Å². The summed E-state index contributed by atoms with van der Waals surface area (Å²) in [5, 5.41) is 6.31. The highest BCUT2D eigenvalue weighted by Gasteiger charge is 2.35. The zero-order valence-corrected chi connectivity index (χ0v) is 18.3. The topological polar surface area (TPSA) is 98.4 Å². The summed E-state index contributed by atoms with van der Waals surface area (Å²) in [5.74, 6) is -1.48. The van der Waals surface area contributed by atoms with Crippen LogP contribution in [0, 0.1) is 0 Å². The van der Waals surface area contributed by atoms with Crippen molar-refractivity contribution in [3.05, 3.63) is 94.4 Å².